The van der Waals surface area contributed by atoms with Crippen LogP contribution in [0, 0.1) is 12.8 Å². The number of amides is 2. The monoisotopic (exact) mass is 290 g/mol. The van der Waals surface area contributed by atoms with Gasteiger partial charge in [-0.25, -0.2) is 9.59 Å². The zero-order chi connectivity index (χ0) is 15.4. The Bertz CT molecular complexity index is 542. The zero-order valence-corrected chi connectivity index (χ0v) is 12.5. The summed E-state index contributed by atoms with van der Waals surface area (Å²) in [5, 5.41) is 14.7. The SMILES string of the molecule is Cc1cc(C(=O)O)ccc1NC(=O)NC1CCCCC1C. The first-order valence-corrected chi connectivity index (χ1v) is 7.39. The summed E-state index contributed by atoms with van der Waals surface area (Å²) in [6.45, 7) is 3.95. The third-order valence-electron chi connectivity index (χ3n) is 4.15. The van der Waals surface area contributed by atoms with Crippen LogP contribution in [0.5, 0.6) is 0 Å². The van der Waals surface area contributed by atoms with Gasteiger partial charge in [0.25, 0.3) is 0 Å². The summed E-state index contributed by atoms with van der Waals surface area (Å²) in [5.74, 6) is -0.467. The fraction of sp³-hybridized carbons (Fsp3) is 0.500. The number of hydrogen-bond donors (Lipinski definition) is 3. The number of anilines is 1. The number of hydrogen-bond acceptors (Lipinski definition) is 2. The number of carboxylic acids is 1. The van der Waals surface area contributed by atoms with Gasteiger partial charge in [-0.05, 0) is 49.4 Å². The predicted molar refractivity (Wildman–Crippen MR) is 81.7 cm³/mol. The summed E-state index contributed by atoms with van der Waals surface area (Å²) in [7, 11) is 0. The van der Waals surface area contributed by atoms with Gasteiger partial charge in [0.2, 0.25) is 0 Å². The third kappa shape index (κ3) is 3.97. The minimum Gasteiger partial charge on any atom is -0.478 e. The maximum atomic E-state index is 12.1. The van der Waals surface area contributed by atoms with Crippen molar-refractivity contribution in [1.29, 1.82) is 0 Å². The highest BCUT2D eigenvalue weighted by Gasteiger charge is 2.22. The van der Waals surface area contributed by atoms with E-state index in [1.165, 1.54) is 12.5 Å². The average molecular weight is 290 g/mol. The Hall–Kier alpha value is -2.04. The molecular weight excluding hydrogens is 268 g/mol. The second kappa shape index (κ2) is 6.61. The molecule has 1 aromatic rings. The van der Waals surface area contributed by atoms with Crippen LogP contribution in [0.2, 0.25) is 0 Å². The van der Waals surface area contributed by atoms with Crippen LogP contribution >= 0.6 is 0 Å². The molecule has 2 unspecified atom stereocenters. The molecule has 1 aliphatic carbocycles. The van der Waals surface area contributed by atoms with Crippen LogP contribution in [0.3, 0.4) is 0 Å². The summed E-state index contributed by atoms with van der Waals surface area (Å²) in [5.41, 5.74) is 1.60. The number of carboxylic acid groups (broad SMARTS) is 1. The van der Waals surface area contributed by atoms with Crippen LogP contribution in [0.1, 0.15) is 48.5 Å². The summed E-state index contributed by atoms with van der Waals surface area (Å²) >= 11 is 0. The van der Waals surface area contributed by atoms with Crippen LogP contribution in [-0.2, 0) is 0 Å². The van der Waals surface area contributed by atoms with Crippen molar-refractivity contribution in [3.05, 3.63) is 29.3 Å². The van der Waals surface area contributed by atoms with Crippen molar-refractivity contribution >= 4 is 17.7 Å². The Kier molecular flexibility index (Phi) is 4.83. The standard InChI is InChI=1S/C16H22N2O3/c1-10-5-3-4-6-13(10)17-16(21)18-14-8-7-12(15(19)20)9-11(14)2/h7-10,13H,3-6H2,1-2H3,(H,19,20)(H2,17,18,21). The predicted octanol–water partition coefficient (Wildman–Crippen LogP) is 3.39. The molecule has 0 radical (unpaired) electrons. The molecule has 1 aliphatic rings. The molecule has 0 bridgehead atoms. The highest BCUT2D eigenvalue weighted by molar-refractivity contribution is 5.92. The van der Waals surface area contributed by atoms with Crippen LogP contribution in [0.15, 0.2) is 18.2 Å². The molecule has 0 aromatic heterocycles. The van der Waals surface area contributed by atoms with E-state index < -0.39 is 5.97 Å². The average Bonchev–Trinajstić information content (AvgIpc) is 2.43. The largest absolute Gasteiger partial charge is 0.478 e. The smallest absolute Gasteiger partial charge is 0.335 e. The third-order valence-corrected chi connectivity index (χ3v) is 4.15. The van der Waals surface area contributed by atoms with E-state index in [0.717, 1.165) is 24.8 Å². The number of nitrogens with one attached hydrogen (secondary N) is 2. The number of benzene rings is 1. The second-order valence-electron chi connectivity index (χ2n) is 5.80. The Morgan fingerprint density at radius 2 is 1.95 bits per heavy atom. The molecule has 2 rings (SSSR count). The minimum absolute atomic E-state index is 0.220. The molecule has 21 heavy (non-hydrogen) atoms. The van der Waals surface area contributed by atoms with Crippen molar-refractivity contribution in [2.24, 2.45) is 5.92 Å². The van der Waals surface area contributed by atoms with Crippen LogP contribution in [-0.4, -0.2) is 23.1 Å². The molecule has 0 spiro atoms. The normalized spacial score (nSPS) is 21.6. The van der Waals surface area contributed by atoms with Crippen molar-refractivity contribution in [2.45, 2.75) is 45.6 Å². The summed E-state index contributed by atoms with van der Waals surface area (Å²) in [6, 6.07) is 4.68. The molecular formula is C16H22N2O3. The molecule has 1 aromatic carbocycles. The fourth-order valence-electron chi connectivity index (χ4n) is 2.79. The van der Waals surface area contributed by atoms with Gasteiger partial charge in [0.1, 0.15) is 0 Å². The van der Waals surface area contributed by atoms with Gasteiger partial charge in [0.05, 0.1) is 5.56 Å². The van der Waals surface area contributed by atoms with E-state index in [2.05, 4.69) is 17.6 Å². The maximum Gasteiger partial charge on any atom is 0.335 e. The molecule has 2 atom stereocenters. The number of aromatic carboxylic acids is 1. The van der Waals surface area contributed by atoms with Crippen LogP contribution in [0.25, 0.3) is 0 Å². The highest BCUT2D eigenvalue weighted by atomic mass is 16.4. The van der Waals surface area contributed by atoms with Crippen molar-refractivity contribution in [3.63, 3.8) is 0 Å². The lowest BCUT2D eigenvalue weighted by Gasteiger charge is -2.29. The summed E-state index contributed by atoms with van der Waals surface area (Å²) in [4.78, 5) is 22.9. The first kappa shape index (κ1) is 15.4. The highest BCUT2D eigenvalue weighted by Crippen LogP contribution is 2.24. The molecule has 114 valence electrons. The molecule has 3 N–H and O–H groups in total. The van der Waals surface area contributed by atoms with Crippen LogP contribution in [0.4, 0.5) is 10.5 Å². The van der Waals surface area contributed by atoms with Gasteiger partial charge in [-0.1, -0.05) is 19.8 Å². The van der Waals surface area contributed by atoms with E-state index in [4.69, 9.17) is 5.11 Å². The first-order chi connectivity index (χ1) is 9.97. The van der Waals surface area contributed by atoms with Gasteiger partial charge in [0.15, 0.2) is 0 Å². The Labute approximate surface area is 124 Å². The maximum absolute atomic E-state index is 12.1. The Morgan fingerprint density at radius 1 is 1.24 bits per heavy atom. The molecule has 0 aliphatic heterocycles. The second-order valence-corrected chi connectivity index (χ2v) is 5.80. The van der Waals surface area contributed by atoms with Crippen LogP contribution < -0.4 is 10.6 Å². The number of urea groups is 1. The van der Waals surface area contributed by atoms with Gasteiger partial charge in [-0.3, -0.25) is 0 Å². The van der Waals surface area contributed by atoms with Crippen molar-refractivity contribution in [1.82, 2.24) is 5.32 Å². The van der Waals surface area contributed by atoms with Gasteiger partial charge in [0, 0.05) is 11.7 Å². The van der Waals surface area contributed by atoms with Crippen molar-refractivity contribution in [3.8, 4) is 0 Å². The summed E-state index contributed by atoms with van der Waals surface area (Å²) < 4.78 is 0. The fourth-order valence-corrected chi connectivity index (χ4v) is 2.79. The van der Waals surface area contributed by atoms with Gasteiger partial charge in [-0.2, -0.15) is 0 Å². The molecule has 1 saturated carbocycles. The van der Waals surface area contributed by atoms with Gasteiger partial charge >= 0.3 is 12.0 Å². The number of carbonyl (C=O) groups excluding carboxylic acids is 1. The van der Waals surface area contributed by atoms with E-state index in [0.29, 0.717) is 11.6 Å². The molecule has 1 fully saturated rings. The van der Waals surface area contributed by atoms with E-state index in [9.17, 15) is 9.59 Å². The van der Waals surface area contributed by atoms with Crippen molar-refractivity contribution in [2.75, 3.05) is 5.32 Å². The first-order valence-electron chi connectivity index (χ1n) is 7.39. The molecule has 5 nitrogen and oxygen atoms in total. The lowest BCUT2D eigenvalue weighted by Crippen LogP contribution is -2.43. The Balaban J connectivity index is 1.97. The van der Waals surface area contributed by atoms with E-state index >= 15 is 0 Å². The molecule has 0 saturated heterocycles. The zero-order valence-electron chi connectivity index (χ0n) is 12.5. The number of carbonyl (C=O) groups is 2. The number of rotatable bonds is 3. The quantitative estimate of drug-likeness (QED) is 0.798. The summed E-state index contributed by atoms with van der Waals surface area (Å²) in [6.07, 6.45) is 4.56. The topological polar surface area (TPSA) is 78.4 Å². The number of aryl methyl sites for hydroxylation is 1. The van der Waals surface area contributed by atoms with Gasteiger partial charge in [-0.15, -0.1) is 0 Å². The Morgan fingerprint density at radius 3 is 2.57 bits per heavy atom. The lowest BCUT2D eigenvalue weighted by atomic mass is 9.86. The minimum atomic E-state index is -0.967. The van der Waals surface area contributed by atoms with E-state index in [-0.39, 0.29) is 17.6 Å². The van der Waals surface area contributed by atoms with E-state index in [1.54, 1.807) is 19.1 Å². The van der Waals surface area contributed by atoms with E-state index in [1.807, 2.05) is 0 Å². The molecule has 5 heteroatoms. The molecule has 2 amide bonds. The lowest BCUT2D eigenvalue weighted by molar-refractivity contribution is 0.0697. The van der Waals surface area contributed by atoms with Gasteiger partial charge < -0.3 is 15.7 Å². The molecule has 0 heterocycles. The van der Waals surface area contributed by atoms with Crippen molar-refractivity contribution < 1.29 is 14.7 Å².